The second-order valence-corrected chi connectivity index (χ2v) is 7.06. The van der Waals surface area contributed by atoms with Gasteiger partial charge in [0.1, 0.15) is 0 Å². The maximum Gasteiger partial charge on any atom is 0.335 e. The molecule has 0 aromatic heterocycles. The normalized spacial score (nSPS) is 11.0. The molecule has 0 atom stereocenters. The van der Waals surface area contributed by atoms with E-state index >= 15 is 0 Å². The molecular weight excluding hydrogens is 338 g/mol. The maximum atomic E-state index is 12.5. The number of benzene rings is 3. The molecule has 25 heavy (non-hydrogen) atoms. The third kappa shape index (κ3) is 3.87. The van der Waals surface area contributed by atoms with Crippen LogP contribution < -0.4 is 4.72 Å². The summed E-state index contributed by atoms with van der Waals surface area (Å²) in [7, 11) is -3.80. The van der Waals surface area contributed by atoms with Gasteiger partial charge in [0.25, 0.3) is 10.0 Å². The second kappa shape index (κ2) is 6.78. The van der Waals surface area contributed by atoms with Crippen LogP contribution in [0, 0.1) is 0 Å². The summed E-state index contributed by atoms with van der Waals surface area (Å²) < 4.78 is 27.3. The van der Waals surface area contributed by atoms with Gasteiger partial charge in [-0.1, -0.05) is 48.5 Å². The Morgan fingerprint density at radius 2 is 1.44 bits per heavy atom. The summed E-state index contributed by atoms with van der Waals surface area (Å²) in [6, 6.07) is 21.8. The van der Waals surface area contributed by atoms with Crippen molar-refractivity contribution in [2.45, 2.75) is 4.90 Å². The molecule has 0 unspecified atom stereocenters. The fourth-order valence-corrected chi connectivity index (χ4v) is 3.44. The van der Waals surface area contributed by atoms with Gasteiger partial charge in [-0.25, -0.2) is 13.2 Å². The van der Waals surface area contributed by atoms with E-state index < -0.39 is 16.0 Å². The van der Waals surface area contributed by atoms with Crippen molar-refractivity contribution in [1.29, 1.82) is 0 Å². The quantitative estimate of drug-likeness (QED) is 0.730. The average molecular weight is 353 g/mol. The van der Waals surface area contributed by atoms with E-state index in [-0.39, 0.29) is 16.1 Å². The predicted molar refractivity (Wildman–Crippen MR) is 96.1 cm³/mol. The van der Waals surface area contributed by atoms with Crippen molar-refractivity contribution in [2.24, 2.45) is 0 Å². The van der Waals surface area contributed by atoms with E-state index in [1.807, 2.05) is 30.3 Å². The Kier molecular flexibility index (Phi) is 4.54. The molecule has 0 saturated carbocycles. The molecule has 0 aliphatic rings. The van der Waals surface area contributed by atoms with Gasteiger partial charge < -0.3 is 5.11 Å². The first-order chi connectivity index (χ1) is 12.0. The van der Waals surface area contributed by atoms with Crippen molar-refractivity contribution >= 4 is 21.7 Å². The lowest BCUT2D eigenvalue weighted by Crippen LogP contribution is -2.13. The van der Waals surface area contributed by atoms with Crippen molar-refractivity contribution in [2.75, 3.05) is 4.72 Å². The summed E-state index contributed by atoms with van der Waals surface area (Å²) in [6.45, 7) is 0. The molecule has 126 valence electrons. The Balaban J connectivity index is 1.85. The lowest BCUT2D eigenvalue weighted by atomic mass is 10.1. The molecular formula is C19H15NO4S. The second-order valence-electron chi connectivity index (χ2n) is 5.38. The molecule has 3 aromatic rings. The zero-order valence-electron chi connectivity index (χ0n) is 13.1. The van der Waals surface area contributed by atoms with Crippen LogP contribution in [0.3, 0.4) is 0 Å². The number of anilines is 1. The first-order valence-electron chi connectivity index (χ1n) is 7.47. The topological polar surface area (TPSA) is 83.5 Å². The van der Waals surface area contributed by atoms with Crippen molar-refractivity contribution < 1.29 is 18.3 Å². The van der Waals surface area contributed by atoms with Crippen LogP contribution in [0.25, 0.3) is 11.1 Å². The van der Waals surface area contributed by atoms with E-state index in [4.69, 9.17) is 5.11 Å². The van der Waals surface area contributed by atoms with E-state index in [2.05, 4.69) is 4.72 Å². The van der Waals surface area contributed by atoms with Crippen LogP contribution in [0.2, 0.25) is 0 Å². The number of aromatic carboxylic acids is 1. The number of sulfonamides is 1. The van der Waals surface area contributed by atoms with E-state index in [0.29, 0.717) is 0 Å². The van der Waals surface area contributed by atoms with Gasteiger partial charge in [-0.2, -0.15) is 0 Å². The van der Waals surface area contributed by atoms with Crippen molar-refractivity contribution in [1.82, 2.24) is 0 Å². The molecule has 3 rings (SSSR count). The van der Waals surface area contributed by atoms with E-state index in [9.17, 15) is 13.2 Å². The Morgan fingerprint density at radius 1 is 0.800 bits per heavy atom. The molecule has 0 amide bonds. The summed E-state index contributed by atoms with van der Waals surface area (Å²) in [5, 5.41) is 8.99. The fourth-order valence-electron chi connectivity index (χ4n) is 2.39. The number of hydrogen-bond donors (Lipinski definition) is 2. The highest BCUT2D eigenvalue weighted by Crippen LogP contribution is 2.22. The minimum absolute atomic E-state index is 0.0135. The number of rotatable bonds is 5. The minimum Gasteiger partial charge on any atom is -0.478 e. The maximum absolute atomic E-state index is 12.5. The van der Waals surface area contributed by atoms with Gasteiger partial charge in [-0.15, -0.1) is 0 Å². The summed E-state index contributed by atoms with van der Waals surface area (Å²) in [5.74, 6) is -1.12. The van der Waals surface area contributed by atoms with Crippen LogP contribution in [0.1, 0.15) is 10.4 Å². The standard InChI is InChI=1S/C19H15NO4S/c21-19(22)16-7-4-8-17(13-16)20-25(23,24)18-11-9-15(10-12-18)14-5-2-1-3-6-14/h1-13,20H,(H,21,22). The van der Waals surface area contributed by atoms with Crippen LogP contribution in [0.15, 0.2) is 83.8 Å². The van der Waals surface area contributed by atoms with E-state index in [0.717, 1.165) is 11.1 Å². The summed E-state index contributed by atoms with van der Waals surface area (Å²) in [5.41, 5.74) is 2.12. The minimum atomic E-state index is -3.80. The van der Waals surface area contributed by atoms with Gasteiger partial charge in [-0.3, -0.25) is 4.72 Å². The van der Waals surface area contributed by atoms with E-state index in [1.54, 1.807) is 12.1 Å². The smallest absolute Gasteiger partial charge is 0.335 e. The van der Waals surface area contributed by atoms with Gasteiger partial charge in [0.15, 0.2) is 0 Å². The lowest BCUT2D eigenvalue weighted by molar-refractivity contribution is 0.0697. The van der Waals surface area contributed by atoms with Gasteiger partial charge in [-0.05, 0) is 41.5 Å². The largest absolute Gasteiger partial charge is 0.478 e. The summed E-state index contributed by atoms with van der Waals surface area (Å²) >= 11 is 0. The third-order valence-electron chi connectivity index (χ3n) is 3.63. The first kappa shape index (κ1) is 16.7. The highest BCUT2D eigenvalue weighted by molar-refractivity contribution is 7.92. The first-order valence-corrected chi connectivity index (χ1v) is 8.96. The van der Waals surface area contributed by atoms with Crippen molar-refractivity contribution in [3.05, 3.63) is 84.4 Å². The molecule has 0 spiro atoms. The number of carboxylic acids is 1. The molecule has 6 heteroatoms. The zero-order valence-corrected chi connectivity index (χ0v) is 13.9. The molecule has 2 N–H and O–H groups in total. The van der Waals surface area contributed by atoms with Gasteiger partial charge in [0, 0.05) is 5.69 Å². The monoisotopic (exact) mass is 353 g/mol. The van der Waals surface area contributed by atoms with Gasteiger partial charge in [0.2, 0.25) is 0 Å². The van der Waals surface area contributed by atoms with Gasteiger partial charge in [0.05, 0.1) is 10.5 Å². The average Bonchev–Trinajstić information content (AvgIpc) is 2.62. The van der Waals surface area contributed by atoms with Crippen LogP contribution in [-0.4, -0.2) is 19.5 Å². The fraction of sp³-hybridized carbons (Fsp3) is 0. The molecule has 3 aromatic carbocycles. The molecule has 0 fully saturated rings. The molecule has 0 bridgehead atoms. The Morgan fingerprint density at radius 3 is 2.08 bits per heavy atom. The number of carbonyl (C=O) groups is 1. The highest BCUT2D eigenvalue weighted by atomic mass is 32.2. The molecule has 0 radical (unpaired) electrons. The SMILES string of the molecule is O=C(O)c1cccc(NS(=O)(=O)c2ccc(-c3ccccc3)cc2)c1. The van der Waals surface area contributed by atoms with Crippen molar-refractivity contribution in [3.8, 4) is 11.1 Å². The molecule has 0 saturated heterocycles. The highest BCUT2D eigenvalue weighted by Gasteiger charge is 2.15. The number of hydrogen-bond acceptors (Lipinski definition) is 3. The number of nitrogens with one attached hydrogen (secondary N) is 1. The number of carboxylic acid groups (broad SMARTS) is 1. The Labute approximate surface area is 145 Å². The Hall–Kier alpha value is -3.12. The van der Waals surface area contributed by atoms with Crippen LogP contribution in [0.5, 0.6) is 0 Å². The Bertz CT molecular complexity index is 997. The predicted octanol–water partition coefficient (Wildman–Crippen LogP) is 3.85. The molecule has 5 nitrogen and oxygen atoms in total. The van der Waals surface area contributed by atoms with Gasteiger partial charge >= 0.3 is 5.97 Å². The summed E-state index contributed by atoms with van der Waals surface area (Å²) in [6.07, 6.45) is 0. The molecule has 0 aliphatic carbocycles. The van der Waals surface area contributed by atoms with E-state index in [1.165, 1.54) is 36.4 Å². The lowest BCUT2D eigenvalue weighted by Gasteiger charge is -2.09. The van der Waals surface area contributed by atoms with Crippen LogP contribution in [0.4, 0.5) is 5.69 Å². The van der Waals surface area contributed by atoms with Crippen LogP contribution >= 0.6 is 0 Å². The molecule has 0 heterocycles. The molecule has 0 aliphatic heterocycles. The zero-order chi connectivity index (χ0) is 17.9. The summed E-state index contributed by atoms with van der Waals surface area (Å²) in [4.78, 5) is 11.1. The third-order valence-corrected chi connectivity index (χ3v) is 5.03. The van der Waals surface area contributed by atoms with Crippen LogP contribution in [-0.2, 0) is 10.0 Å². The van der Waals surface area contributed by atoms with Crippen molar-refractivity contribution in [3.63, 3.8) is 0 Å².